The smallest absolute Gasteiger partial charge is 0.320 e. The van der Waals surface area contributed by atoms with Gasteiger partial charge in [0.1, 0.15) is 6.04 Å². The van der Waals surface area contributed by atoms with Crippen LogP contribution in [0.2, 0.25) is 0 Å². The maximum Gasteiger partial charge on any atom is 0.320 e. The number of benzene rings is 1. The molecule has 1 unspecified atom stereocenters. The second-order valence-electron chi connectivity index (χ2n) is 5.94. The Hall–Kier alpha value is -1.59. The highest BCUT2D eigenvalue weighted by atomic mass is 16.4. The van der Waals surface area contributed by atoms with Gasteiger partial charge in [-0.05, 0) is 38.0 Å². The molecule has 1 aliphatic heterocycles. The number of nitrogens with zero attached hydrogens (tertiary/aromatic N) is 2. The number of carboxylic acid groups (broad SMARTS) is 1. The maximum atomic E-state index is 10.8. The van der Waals surface area contributed by atoms with Crippen LogP contribution in [0.3, 0.4) is 0 Å². The Labute approximate surface area is 126 Å². The number of piperazine rings is 1. The first-order valence-electron chi connectivity index (χ1n) is 7.53. The van der Waals surface area contributed by atoms with Crippen LogP contribution in [0.5, 0.6) is 0 Å². The molecule has 0 radical (unpaired) electrons. The Balaban J connectivity index is 2.00. The number of hydrogen-bond donors (Lipinski definition) is 2. The van der Waals surface area contributed by atoms with Crippen molar-refractivity contribution >= 4 is 11.7 Å². The van der Waals surface area contributed by atoms with Gasteiger partial charge in [-0.1, -0.05) is 12.1 Å². The molecule has 1 saturated heterocycles. The first-order chi connectivity index (χ1) is 9.97. The minimum atomic E-state index is -0.953. The highest BCUT2D eigenvalue weighted by molar-refractivity contribution is 5.73. The van der Waals surface area contributed by atoms with E-state index in [9.17, 15) is 4.79 Å². The Morgan fingerprint density at radius 3 is 2.52 bits per heavy atom. The van der Waals surface area contributed by atoms with Crippen LogP contribution >= 0.6 is 0 Å². The summed E-state index contributed by atoms with van der Waals surface area (Å²) < 4.78 is 0. The van der Waals surface area contributed by atoms with Crippen LogP contribution in [0, 0.1) is 0 Å². The molecule has 1 aromatic carbocycles. The first-order valence-corrected chi connectivity index (χ1v) is 7.53. The molecule has 3 N–H and O–H groups in total. The SMILES string of the molecule is CC(C)N1CCN(c2cccc(CC(N)C(=O)O)c2)CC1. The monoisotopic (exact) mass is 291 g/mol. The van der Waals surface area contributed by atoms with Gasteiger partial charge >= 0.3 is 5.97 Å². The van der Waals surface area contributed by atoms with Crippen molar-refractivity contribution in [3.63, 3.8) is 0 Å². The molecular formula is C16H25N3O2. The van der Waals surface area contributed by atoms with Gasteiger partial charge in [-0.2, -0.15) is 0 Å². The largest absolute Gasteiger partial charge is 0.480 e. The number of nitrogens with two attached hydrogens (primary N) is 1. The molecular weight excluding hydrogens is 266 g/mol. The molecule has 5 heteroatoms. The summed E-state index contributed by atoms with van der Waals surface area (Å²) >= 11 is 0. The minimum absolute atomic E-state index is 0.370. The van der Waals surface area contributed by atoms with Crippen molar-refractivity contribution in [2.24, 2.45) is 5.73 Å². The molecule has 2 rings (SSSR count). The third-order valence-corrected chi connectivity index (χ3v) is 4.09. The Bertz CT molecular complexity index is 482. The van der Waals surface area contributed by atoms with Gasteiger partial charge in [0.15, 0.2) is 0 Å². The highest BCUT2D eigenvalue weighted by Crippen LogP contribution is 2.19. The maximum absolute atomic E-state index is 10.8. The van der Waals surface area contributed by atoms with Crippen LogP contribution in [-0.2, 0) is 11.2 Å². The van der Waals surface area contributed by atoms with Gasteiger partial charge in [0.25, 0.3) is 0 Å². The van der Waals surface area contributed by atoms with Crippen molar-refractivity contribution in [3.8, 4) is 0 Å². The summed E-state index contributed by atoms with van der Waals surface area (Å²) in [5, 5.41) is 8.90. The molecule has 0 amide bonds. The molecule has 0 saturated carbocycles. The molecule has 116 valence electrons. The van der Waals surface area contributed by atoms with Crippen molar-refractivity contribution in [2.75, 3.05) is 31.1 Å². The summed E-state index contributed by atoms with van der Waals surface area (Å²) in [5.41, 5.74) is 7.75. The zero-order valence-electron chi connectivity index (χ0n) is 12.8. The molecule has 1 heterocycles. The van der Waals surface area contributed by atoms with Gasteiger partial charge in [-0.15, -0.1) is 0 Å². The van der Waals surface area contributed by atoms with Crippen LogP contribution in [0.25, 0.3) is 0 Å². The fourth-order valence-electron chi connectivity index (χ4n) is 2.72. The molecule has 0 aromatic heterocycles. The summed E-state index contributed by atoms with van der Waals surface area (Å²) in [6, 6.07) is 7.82. The van der Waals surface area contributed by atoms with E-state index in [2.05, 4.69) is 35.8 Å². The zero-order chi connectivity index (χ0) is 15.4. The lowest BCUT2D eigenvalue weighted by molar-refractivity contribution is -0.138. The van der Waals surface area contributed by atoms with Gasteiger partial charge in [-0.3, -0.25) is 9.69 Å². The van der Waals surface area contributed by atoms with E-state index in [4.69, 9.17) is 10.8 Å². The predicted molar refractivity (Wildman–Crippen MR) is 84.7 cm³/mol. The lowest BCUT2D eigenvalue weighted by Crippen LogP contribution is -2.48. The third kappa shape index (κ3) is 4.19. The van der Waals surface area contributed by atoms with Crippen molar-refractivity contribution in [1.82, 2.24) is 4.90 Å². The normalized spacial score (nSPS) is 18.0. The lowest BCUT2D eigenvalue weighted by atomic mass is 10.1. The number of carbonyl (C=O) groups is 1. The molecule has 0 aliphatic carbocycles. The number of hydrogen-bond acceptors (Lipinski definition) is 4. The van der Waals surface area contributed by atoms with E-state index in [1.54, 1.807) is 0 Å². The van der Waals surface area contributed by atoms with Crippen molar-refractivity contribution < 1.29 is 9.90 Å². The van der Waals surface area contributed by atoms with Crippen molar-refractivity contribution in [3.05, 3.63) is 29.8 Å². The Morgan fingerprint density at radius 1 is 1.29 bits per heavy atom. The topological polar surface area (TPSA) is 69.8 Å². The van der Waals surface area contributed by atoms with E-state index >= 15 is 0 Å². The van der Waals surface area contributed by atoms with Gasteiger partial charge in [-0.25, -0.2) is 0 Å². The van der Waals surface area contributed by atoms with E-state index in [1.165, 1.54) is 0 Å². The number of rotatable bonds is 5. The zero-order valence-corrected chi connectivity index (χ0v) is 12.8. The number of aliphatic carboxylic acids is 1. The van der Waals surface area contributed by atoms with Crippen LogP contribution < -0.4 is 10.6 Å². The van der Waals surface area contributed by atoms with Crippen LogP contribution in [-0.4, -0.2) is 54.2 Å². The Kier molecular flexibility index (Phi) is 5.20. The molecule has 1 aromatic rings. The molecule has 0 bridgehead atoms. The van der Waals surface area contributed by atoms with Gasteiger partial charge < -0.3 is 15.7 Å². The van der Waals surface area contributed by atoms with Crippen LogP contribution in [0.1, 0.15) is 19.4 Å². The predicted octanol–water partition coefficient (Wildman–Crippen LogP) is 1.17. The van der Waals surface area contributed by atoms with E-state index in [0.717, 1.165) is 37.4 Å². The van der Waals surface area contributed by atoms with Crippen molar-refractivity contribution in [2.45, 2.75) is 32.4 Å². The summed E-state index contributed by atoms with van der Waals surface area (Å²) in [4.78, 5) is 15.7. The third-order valence-electron chi connectivity index (χ3n) is 4.09. The van der Waals surface area contributed by atoms with E-state index < -0.39 is 12.0 Å². The minimum Gasteiger partial charge on any atom is -0.480 e. The molecule has 0 spiro atoms. The molecule has 5 nitrogen and oxygen atoms in total. The summed E-state index contributed by atoms with van der Waals surface area (Å²) in [7, 11) is 0. The average Bonchev–Trinajstić information content (AvgIpc) is 2.47. The standard InChI is InChI=1S/C16H25N3O2/c1-12(2)18-6-8-19(9-7-18)14-5-3-4-13(10-14)11-15(17)16(20)21/h3-5,10,12,15H,6-9,11,17H2,1-2H3,(H,20,21). The summed E-state index contributed by atoms with van der Waals surface area (Å²) in [6.07, 6.45) is 0.370. The second-order valence-corrected chi connectivity index (χ2v) is 5.94. The Morgan fingerprint density at radius 2 is 1.95 bits per heavy atom. The van der Waals surface area contributed by atoms with Crippen LogP contribution in [0.15, 0.2) is 24.3 Å². The average molecular weight is 291 g/mol. The quantitative estimate of drug-likeness (QED) is 0.852. The van der Waals surface area contributed by atoms with Gasteiger partial charge in [0, 0.05) is 37.9 Å². The molecule has 1 atom stereocenters. The summed E-state index contributed by atoms with van der Waals surface area (Å²) in [6.45, 7) is 8.60. The molecule has 1 aliphatic rings. The van der Waals surface area contributed by atoms with E-state index in [-0.39, 0.29) is 0 Å². The number of carboxylic acids is 1. The number of anilines is 1. The van der Waals surface area contributed by atoms with Crippen LogP contribution in [0.4, 0.5) is 5.69 Å². The summed E-state index contributed by atoms with van der Waals surface area (Å²) in [5.74, 6) is -0.953. The fraction of sp³-hybridized carbons (Fsp3) is 0.562. The second kappa shape index (κ2) is 6.91. The molecule has 1 fully saturated rings. The van der Waals surface area contributed by atoms with Gasteiger partial charge in [0.05, 0.1) is 0 Å². The fourth-order valence-corrected chi connectivity index (χ4v) is 2.72. The van der Waals surface area contributed by atoms with Crippen molar-refractivity contribution in [1.29, 1.82) is 0 Å². The highest BCUT2D eigenvalue weighted by Gasteiger charge is 2.19. The van der Waals surface area contributed by atoms with E-state index in [1.807, 2.05) is 12.1 Å². The lowest BCUT2D eigenvalue weighted by Gasteiger charge is -2.38. The first kappa shape index (κ1) is 15.8. The van der Waals surface area contributed by atoms with Gasteiger partial charge in [0.2, 0.25) is 0 Å². The van der Waals surface area contributed by atoms with E-state index in [0.29, 0.717) is 12.5 Å². The molecule has 21 heavy (non-hydrogen) atoms.